The molecule has 1 aliphatic rings. The Morgan fingerprint density at radius 3 is 2.84 bits per heavy atom. The molecule has 1 aromatic heterocycles. The van der Waals surface area contributed by atoms with Gasteiger partial charge >= 0.3 is 0 Å². The van der Waals surface area contributed by atoms with Gasteiger partial charge < -0.3 is 5.73 Å². The minimum atomic E-state index is 0.489. The van der Waals surface area contributed by atoms with Gasteiger partial charge in [-0.15, -0.1) is 0 Å². The highest BCUT2D eigenvalue weighted by Crippen LogP contribution is 2.24. The Kier molecular flexibility index (Phi) is 5.40. The zero-order valence-corrected chi connectivity index (χ0v) is 12.4. The number of hydrogen-bond acceptors (Lipinski definition) is 3. The average molecular weight is 264 g/mol. The van der Waals surface area contributed by atoms with Gasteiger partial charge in [-0.2, -0.15) is 5.10 Å². The van der Waals surface area contributed by atoms with Crippen LogP contribution in [0.1, 0.15) is 57.7 Å². The van der Waals surface area contributed by atoms with Crippen LogP contribution in [0.4, 0.5) is 0 Å². The van der Waals surface area contributed by atoms with Gasteiger partial charge in [0.1, 0.15) is 0 Å². The second kappa shape index (κ2) is 7.06. The van der Waals surface area contributed by atoms with Crippen molar-refractivity contribution in [3.63, 3.8) is 0 Å². The molecule has 108 valence electrons. The van der Waals surface area contributed by atoms with Gasteiger partial charge in [0.2, 0.25) is 0 Å². The molecule has 2 rings (SSSR count). The maximum atomic E-state index is 5.76. The summed E-state index contributed by atoms with van der Waals surface area (Å²) in [6.45, 7) is 7.09. The zero-order chi connectivity index (χ0) is 13.7. The summed E-state index contributed by atoms with van der Waals surface area (Å²) in [5.41, 5.74) is 6.94. The van der Waals surface area contributed by atoms with E-state index in [1.54, 1.807) is 0 Å². The van der Waals surface area contributed by atoms with Crippen LogP contribution in [-0.4, -0.2) is 33.8 Å². The predicted octanol–water partition coefficient (Wildman–Crippen LogP) is 2.56. The van der Waals surface area contributed by atoms with Gasteiger partial charge in [-0.3, -0.25) is 9.58 Å². The molecule has 0 amide bonds. The summed E-state index contributed by atoms with van der Waals surface area (Å²) >= 11 is 0. The van der Waals surface area contributed by atoms with E-state index in [1.165, 1.54) is 31.4 Å². The summed E-state index contributed by atoms with van der Waals surface area (Å²) in [6.07, 6.45) is 8.62. The number of hydrogen-bond donors (Lipinski definition) is 1. The van der Waals surface area contributed by atoms with Gasteiger partial charge in [0.05, 0.1) is 5.69 Å². The topological polar surface area (TPSA) is 47.1 Å². The van der Waals surface area contributed by atoms with Gasteiger partial charge in [0, 0.05) is 37.9 Å². The summed E-state index contributed by atoms with van der Waals surface area (Å²) in [5, 5.41) is 4.71. The predicted molar refractivity (Wildman–Crippen MR) is 78.9 cm³/mol. The summed E-state index contributed by atoms with van der Waals surface area (Å²) < 4.78 is 2.09. The Labute approximate surface area is 117 Å². The van der Waals surface area contributed by atoms with Gasteiger partial charge in [0.25, 0.3) is 0 Å². The molecule has 4 nitrogen and oxygen atoms in total. The van der Waals surface area contributed by atoms with Crippen LogP contribution in [0.15, 0.2) is 12.3 Å². The molecule has 1 aromatic rings. The minimum Gasteiger partial charge on any atom is -0.329 e. The van der Waals surface area contributed by atoms with E-state index >= 15 is 0 Å². The molecular formula is C15H28N4. The first-order valence-corrected chi connectivity index (χ1v) is 7.72. The molecule has 0 aromatic carbocycles. The molecule has 2 N–H and O–H groups in total. The maximum Gasteiger partial charge on any atom is 0.0765 e. The molecule has 1 aliphatic carbocycles. The van der Waals surface area contributed by atoms with Gasteiger partial charge in [-0.05, 0) is 32.3 Å². The van der Waals surface area contributed by atoms with Crippen LogP contribution in [0.5, 0.6) is 0 Å². The first-order chi connectivity index (χ1) is 9.24. The molecule has 1 saturated carbocycles. The third-order valence-electron chi connectivity index (χ3n) is 4.33. The molecule has 1 atom stereocenters. The lowest BCUT2D eigenvalue weighted by Gasteiger charge is -2.27. The van der Waals surface area contributed by atoms with Crippen LogP contribution in [-0.2, 0) is 6.54 Å². The Hall–Kier alpha value is -0.870. The SMILES string of the molecule is CCC(C)n1ccc(CN(CCN)C2CCCC2)n1. The molecular weight excluding hydrogens is 236 g/mol. The van der Waals surface area contributed by atoms with Gasteiger partial charge in [-0.1, -0.05) is 19.8 Å². The minimum absolute atomic E-state index is 0.489. The lowest BCUT2D eigenvalue weighted by molar-refractivity contribution is 0.192. The Morgan fingerprint density at radius 2 is 2.21 bits per heavy atom. The van der Waals surface area contributed by atoms with Crippen molar-refractivity contribution >= 4 is 0 Å². The third kappa shape index (κ3) is 3.80. The second-order valence-electron chi connectivity index (χ2n) is 5.74. The van der Waals surface area contributed by atoms with E-state index in [9.17, 15) is 0 Å². The van der Waals surface area contributed by atoms with Crippen LogP contribution < -0.4 is 5.73 Å². The Morgan fingerprint density at radius 1 is 1.47 bits per heavy atom. The molecule has 0 radical (unpaired) electrons. The molecule has 0 spiro atoms. The summed E-state index contributed by atoms with van der Waals surface area (Å²) in [7, 11) is 0. The first kappa shape index (κ1) is 14.5. The van der Waals surface area contributed by atoms with E-state index in [4.69, 9.17) is 10.8 Å². The van der Waals surface area contributed by atoms with Crippen molar-refractivity contribution in [2.45, 2.75) is 64.6 Å². The highest BCUT2D eigenvalue weighted by atomic mass is 15.3. The van der Waals surface area contributed by atoms with E-state index < -0.39 is 0 Å². The first-order valence-electron chi connectivity index (χ1n) is 7.72. The van der Waals surface area contributed by atoms with Crippen molar-refractivity contribution in [3.05, 3.63) is 18.0 Å². The average Bonchev–Trinajstić information content (AvgIpc) is 3.08. The Bertz CT molecular complexity index is 368. The van der Waals surface area contributed by atoms with E-state index in [1.807, 2.05) is 0 Å². The molecule has 1 fully saturated rings. The lowest BCUT2D eigenvalue weighted by atomic mass is 10.2. The quantitative estimate of drug-likeness (QED) is 0.823. The highest BCUT2D eigenvalue weighted by molar-refractivity contribution is 5.00. The molecule has 0 aliphatic heterocycles. The fraction of sp³-hybridized carbons (Fsp3) is 0.800. The van der Waals surface area contributed by atoms with Crippen LogP contribution in [0.2, 0.25) is 0 Å². The van der Waals surface area contributed by atoms with Crippen LogP contribution in [0.25, 0.3) is 0 Å². The molecule has 0 saturated heterocycles. The van der Waals surface area contributed by atoms with Crippen molar-refractivity contribution in [2.75, 3.05) is 13.1 Å². The summed E-state index contributed by atoms with van der Waals surface area (Å²) in [4.78, 5) is 2.52. The van der Waals surface area contributed by atoms with E-state index in [0.29, 0.717) is 6.04 Å². The largest absolute Gasteiger partial charge is 0.329 e. The van der Waals surface area contributed by atoms with Crippen molar-refractivity contribution in [1.82, 2.24) is 14.7 Å². The van der Waals surface area contributed by atoms with E-state index in [-0.39, 0.29) is 0 Å². The maximum absolute atomic E-state index is 5.76. The third-order valence-corrected chi connectivity index (χ3v) is 4.33. The number of nitrogens with zero attached hydrogens (tertiary/aromatic N) is 3. The van der Waals surface area contributed by atoms with E-state index in [2.05, 4.69) is 35.7 Å². The van der Waals surface area contributed by atoms with Crippen molar-refractivity contribution in [3.8, 4) is 0 Å². The zero-order valence-electron chi connectivity index (χ0n) is 12.4. The smallest absolute Gasteiger partial charge is 0.0765 e. The van der Waals surface area contributed by atoms with Crippen LogP contribution >= 0.6 is 0 Å². The molecule has 19 heavy (non-hydrogen) atoms. The monoisotopic (exact) mass is 264 g/mol. The summed E-state index contributed by atoms with van der Waals surface area (Å²) in [6, 6.07) is 3.37. The number of rotatable bonds is 7. The highest BCUT2D eigenvalue weighted by Gasteiger charge is 2.22. The fourth-order valence-corrected chi connectivity index (χ4v) is 2.93. The molecule has 4 heteroatoms. The normalized spacial score (nSPS) is 18.3. The molecule has 0 bridgehead atoms. The molecule has 1 heterocycles. The number of nitrogens with two attached hydrogens (primary N) is 1. The van der Waals surface area contributed by atoms with E-state index in [0.717, 1.165) is 32.1 Å². The van der Waals surface area contributed by atoms with Gasteiger partial charge in [-0.25, -0.2) is 0 Å². The second-order valence-corrected chi connectivity index (χ2v) is 5.74. The fourth-order valence-electron chi connectivity index (χ4n) is 2.93. The van der Waals surface area contributed by atoms with Crippen LogP contribution in [0, 0.1) is 0 Å². The van der Waals surface area contributed by atoms with Gasteiger partial charge in [0.15, 0.2) is 0 Å². The lowest BCUT2D eigenvalue weighted by Crippen LogP contribution is -2.36. The summed E-state index contributed by atoms with van der Waals surface area (Å²) in [5.74, 6) is 0. The van der Waals surface area contributed by atoms with Crippen molar-refractivity contribution in [2.24, 2.45) is 5.73 Å². The standard InChI is InChI=1S/C15H28N4/c1-3-13(2)19-10-8-14(17-19)12-18(11-9-16)15-6-4-5-7-15/h8,10,13,15H,3-7,9,11-12,16H2,1-2H3. The molecule has 1 unspecified atom stereocenters. The van der Waals surface area contributed by atoms with Crippen molar-refractivity contribution < 1.29 is 0 Å². The Balaban J connectivity index is 1.97. The van der Waals surface area contributed by atoms with Crippen molar-refractivity contribution in [1.29, 1.82) is 0 Å². The number of aromatic nitrogens is 2. The van der Waals surface area contributed by atoms with Crippen LogP contribution in [0.3, 0.4) is 0 Å².